The van der Waals surface area contributed by atoms with Crippen molar-refractivity contribution in [1.82, 2.24) is 0 Å². The van der Waals surface area contributed by atoms with Gasteiger partial charge in [0.05, 0.1) is 18.0 Å². The van der Waals surface area contributed by atoms with Gasteiger partial charge in [-0.05, 0) is 23.3 Å². The molecule has 20 heavy (non-hydrogen) atoms. The monoisotopic (exact) mass is 270 g/mol. The molecule has 3 heteroatoms. The first-order chi connectivity index (χ1) is 9.70. The van der Waals surface area contributed by atoms with Crippen LogP contribution < -0.4 is 10.2 Å². The van der Waals surface area contributed by atoms with Crippen LogP contribution in [0.3, 0.4) is 0 Å². The second-order valence-electron chi connectivity index (χ2n) is 5.01. The third kappa shape index (κ3) is 3.75. The van der Waals surface area contributed by atoms with E-state index < -0.39 is 0 Å². The molecule has 0 heterocycles. The van der Waals surface area contributed by atoms with E-state index in [4.69, 9.17) is 4.74 Å². The highest BCUT2D eigenvalue weighted by Crippen LogP contribution is 2.24. The van der Waals surface area contributed by atoms with Crippen LogP contribution in [0.5, 0.6) is 0 Å². The molecule has 2 aromatic carbocycles. The first-order valence-corrected chi connectivity index (χ1v) is 6.77. The zero-order chi connectivity index (χ0) is 14.4. The van der Waals surface area contributed by atoms with Crippen LogP contribution in [0.1, 0.15) is 11.1 Å². The van der Waals surface area contributed by atoms with Gasteiger partial charge in [0.25, 0.3) is 0 Å². The van der Waals surface area contributed by atoms with Gasteiger partial charge >= 0.3 is 0 Å². The second kappa shape index (κ2) is 6.96. The van der Waals surface area contributed by atoms with Crippen molar-refractivity contribution in [2.45, 2.75) is 13.2 Å². The minimum Gasteiger partial charge on any atom is -0.380 e. The summed E-state index contributed by atoms with van der Waals surface area (Å²) >= 11 is 0. The molecule has 106 valence electrons. The van der Waals surface area contributed by atoms with Gasteiger partial charge in [-0.2, -0.15) is 0 Å². The van der Waals surface area contributed by atoms with Gasteiger partial charge in [-0.1, -0.05) is 36.4 Å². The quantitative estimate of drug-likeness (QED) is 0.869. The second-order valence-corrected chi connectivity index (χ2v) is 5.01. The number of para-hydroxylation sites is 2. The molecule has 0 amide bonds. The molecule has 0 bridgehead atoms. The lowest BCUT2D eigenvalue weighted by atomic mass is 10.1. The number of ether oxygens (including phenoxy) is 1. The molecule has 0 aromatic heterocycles. The molecule has 0 saturated heterocycles. The van der Waals surface area contributed by atoms with Gasteiger partial charge in [0, 0.05) is 27.7 Å². The Morgan fingerprint density at radius 2 is 1.60 bits per heavy atom. The molecule has 0 aliphatic carbocycles. The zero-order valence-corrected chi connectivity index (χ0v) is 12.4. The van der Waals surface area contributed by atoms with Crippen LogP contribution >= 0.6 is 0 Å². The van der Waals surface area contributed by atoms with Crippen molar-refractivity contribution in [3.8, 4) is 0 Å². The molecule has 1 N–H and O–H groups in total. The van der Waals surface area contributed by atoms with Crippen LogP contribution in [0.25, 0.3) is 0 Å². The Balaban J connectivity index is 2.01. The first kappa shape index (κ1) is 14.4. The molecule has 0 spiro atoms. The average molecular weight is 270 g/mol. The fraction of sp³-hybridized carbons (Fsp3) is 0.294. The van der Waals surface area contributed by atoms with Gasteiger partial charge in [0.2, 0.25) is 0 Å². The number of hydrogen-bond donors (Lipinski definition) is 1. The molecule has 2 rings (SSSR count). The number of rotatable bonds is 6. The summed E-state index contributed by atoms with van der Waals surface area (Å²) in [5, 5.41) is 3.49. The Morgan fingerprint density at radius 3 is 2.25 bits per heavy atom. The number of nitrogens with zero attached hydrogens (tertiary/aromatic N) is 1. The zero-order valence-electron chi connectivity index (χ0n) is 12.4. The van der Waals surface area contributed by atoms with Crippen LogP contribution in [0, 0.1) is 0 Å². The van der Waals surface area contributed by atoms with E-state index >= 15 is 0 Å². The standard InChI is InChI=1S/C17H22N2O/c1-19(2)17-7-5-4-6-16(17)18-12-14-8-10-15(11-9-14)13-20-3/h4-11,18H,12-13H2,1-3H3. The highest BCUT2D eigenvalue weighted by atomic mass is 16.5. The molecule has 3 nitrogen and oxygen atoms in total. The average Bonchev–Trinajstić information content (AvgIpc) is 2.47. The summed E-state index contributed by atoms with van der Waals surface area (Å²) in [6.07, 6.45) is 0. The largest absolute Gasteiger partial charge is 0.380 e. The minimum absolute atomic E-state index is 0.664. The lowest BCUT2D eigenvalue weighted by Crippen LogP contribution is -2.12. The van der Waals surface area contributed by atoms with Gasteiger partial charge < -0.3 is 15.0 Å². The highest BCUT2D eigenvalue weighted by molar-refractivity contribution is 5.69. The van der Waals surface area contributed by atoms with E-state index in [1.54, 1.807) is 7.11 Å². The van der Waals surface area contributed by atoms with Crippen LogP contribution in [0.2, 0.25) is 0 Å². The van der Waals surface area contributed by atoms with Gasteiger partial charge in [0.15, 0.2) is 0 Å². The Labute approximate surface area is 121 Å². The van der Waals surface area contributed by atoms with E-state index in [9.17, 15) is 0 Å². The molecular weight excluding hydrogens is 248 g/mol. The summed E-state index contributed by atoms with van der Waals surface area (Å²) in [7, 11) is 5.83. The molecule has 0 fully saturated rings. The Hall–Kier alpha value is -2.00. The van der Waals surface area contributed by atoms with E-state index in [1.807, 2.05) is 0 Å². The van der Waals surface area contributed by atoms with E-state index in [-0.39, 0.29) is 0 Å². The molecule has 0 aliphatic heterocycles. The predicted octanol–water partition coefficient (Wildman–Crippen LogP) is 3.51. The molecule has 0 saturated carbocycles. The summed E-state index contributed by atoms with van der Waals surface area (Å²) in [5.41, 5.74) is 4.81. The SMILES string of the molecule is COCc1ccc(CNc2ccccc2N(C)C)cc1. The maximum Gasteiger partial charge on any atom is 0.0713 e. The van der Waals surface area contributed by atoms with Crippen molar-refractivity contribution in [3.63, 3.8) is 0 Å². The van der Waals surface area contributed by atoms with Crippen molar-refractivity contribution < 1.29 is 4.74 Å². The van der Waals surface area contributed by atoms with Crippen LogP contribution in [-0.2, 0) is 17.9 Å². The smallest absolute Gasteiger partial charge is 0.0713 e. The topological polar surface area (TPSA) is 24.5 Å². The third-order valence-corrected chi connectivity index (χ3v) is 3.20. The van der Waals surface area contributed by atoms with Crippen molar-refractivity contribution in [2.75, 3.05) is 31.4 Å². The van der Waals surface area contributed by atoms with Gasteiger partial charge in [-0.15, -0.1) is 0 Å². The van der Waals surface area contributed by atoms with Gasteiger partial charge in [0.1, 0.15) is 0 Å². The van der Waals surface area contributed by atoms with E-state index in [0.29, 0.717) is 6.61 Å². The van der Waals surface area contributed by atoms with Crippen LogP contribution in [0.15, 0.2) is 48.5 Å². The molecule has 0 atom stereocenters. The Bertz CT molecular complexity index is 535. The summed E-state index contributed by atoms with van der Waals surface area (Å²) in [4.78, 5) is 2.12. The lowest BCUT2D eigenvalue weighted by Gasteiger charge is -2.18. The van der Waals surface area contributed by atoms with E-state index in [0.717, 1.165) is 12.2 Å². The number of nitrogens with one attached hydrogen (secondary N) is 1. The van der Waals surface area contributed by atoms with E-state index in [2.05, 4.69) is 72.8 Å². The summed E-state index contributed by atoms with van der Waals surface area (Å²) in [6.45, 7) is 1.48. The predicted molar refractivity (Wildman–Crippen MR) is 85.3 cm³/mol. The van der Waals surface area contributed by atoms with Crippen molar-refractivity contribution in [2.24, 2.45) is 0 Å². The lowest BCUT2D eigenvalue weighted by molar-refractivity contribution is 0.185. The number of anilines is 2. The number of benzene rings is 2. The summed E-state index contributed by atoms with van der Waals surface area (Å²) < 4.78 is 5.12. The molecule has 0 radical (unpaired) electrons. The van der Waals surface area contributed by atoms with Crippen LogP contribution in [0.4, 0.5) is 11.4 Å². The molecular formula is C17H22N2O. The number of methoxy groups -OCH3 is 1. The number of hydrogen-bond acceptors (Lipinski definition) is 3. The first-order valence-electron chi connectivity index (χ1n) is 6.77. The van der Waals surface area contributed by atoms with Gasteiger partial charge in [-0.3, -0.25) is 0 Å². The molecule has 0 unspecified atom stereocenters. The summed E-state index contributed by atoms with van der Waals surface area (Å²) in [6, 6.07) is 16.8. The minimum atomic E-state index is 0.664. The van der Waals surface area contributed by atoms with Gasteiger partial charge in [-0.25, -0.2) is 0 Å². The highest BCUT2D eigenvalue weighted by Gasteiger charge is 2.03. The van der Waals surface area contributed by atoms with Crippen molar-refractivity contribution in [3.05, 3.63) is 59.7 Å². The fourth-order valence-electron chi connectivity index (χ4n) is 2.13. The Kier molecular flexibility index (Phi) is 5.02. The van der Waals surface area contributed by atoms with Crippen molar-refractivity contribution >= 4 is 11.4 Å². The maximum atomic E-state index is 5.12. The van der Waals surface area contributed by atoms with Crippen LogP contribution in [-0.4, -0.2) is 21.2 Å². The normalized spacial score (nSPS) is 10.3. The third-order valence-electron chi connectivity index (χ3n) is 3.20. The Morgan fingerprint density at radius 1 is 0.950 bits per heavy atom. The molecule has 0 aliphatic rings. The summed E-state index contributed by atoms with van der Waals surface area (Å²) in [5.74, 6) is 0. The fourth-order valence-corrected chi connectivity index (χ4v) is 2.13. The van der Waals surface area contributed by atoms with Crippen molar-refractivity contribution in [1.29, 1.82) is 0 Å². The van der Waals surface area contributed by atoms with E-state index in [1.165, 1.54) is 16.8 Å². The molecule has 2 aromatic rings. The maximum absolute atomic E-state index is 5.12.